The summed E-state index contributed by atoms with van der Waals surface area (Å²) in [6, 6.07) is -2.97. The molecule has 0 aromatic carbocycles. The highest BCUT2D eigenvalue weighted by Gasteiger charge is 2.47. The second kappa shape index (κ2) is 54.2. The number of ether oxygens (including phenoxy) is 10. The van der Waals surface area contributed by atoms with Gasteiger partial charge in [0.2, 0.25) is 65.0 Å². The first-order valence-electron chi connectivity index (χ1n) is 37.0. The van der Waals surface area contributed by atoms with Crippen molar-refractivity contribution in [2.45, 2.75) is 234 Å². The molecular formula is C68H121N11O29. The van der Waals surface area contributed by atoms with Crippen LogP contribution in [0.25, 0.3) is 0 Å². The molecule has 5 unspecified atom stereocenters. The molecule has 622 valence electrons. The van der Waals surface area contributed by atoms with E-state index in [1.807, 2.05) is 0 Å². The van der Waals surface area contributed by atoms with Crippen LogP contribution in [0, 0.1) is 0 Å². The minimum atomic E-state index is -1.83. The maximum atomic E-state index is 13.6. The lowest BCUT2D eigenvalue weighted by molar-refractivity contribution is -0.270. The molecule has 40 nitrogen and oxygen atoms in total. The van der Waals surface area contributed by atoms with Gasteiger partial charge in [0.25, 0.3) is 0 Å². The van der Waals surface area contributed by atoms with Crippen molar-refractivity contribution in [1.82, 2.24) is 58.5 Å². The van der Waals surface area contributed by atoms with E-state index < -0.39 is 140 Å². The van der Waals surface area contributed by atoms with Crippen molar-refractivity contribution in [2.75, 3.05) is 132 Å². The SMILES string of the molecule is CNC(=O)CCCC(=O)NC(COCCC(=O)NCCCNC(=O)CCCCO[C@@H]1OC(CO)[C@@](C)(O)OC[C@@H]1NC(C)=O)(COCCC(=O)NCCCNC(=O)CCCCO[C@@H]1OC(CO)[C@H](O)C(O)[C@@H]1NC(C)=O)COCCC(=O)NCCCNC(=O)CCCCO[C@@H]1OC(CO)[C@H](O)C(O)[C@@H]1NC(C)=O. The summed E-state index contributed by atoms with van der Waals surface area (Å²) in [7, 11) is 1.46. The first kappa shape index (κ1) is 95.7. The molecule has 11 amide bonds. The molecule has 3 saturated heterocycles. The third kappa shape index (κ3) is 39.4. The van der Waals surface area contributed by atoms with Gasteiger partial charge in [-0.2, -0.15) is 0 Å². The molecule has 14 atom stereocenters. The number of amides is 11. The van der Waals surface area contributed by atoms with Gasteiger partial charge >= 0.3 is 0 Å². The fraction of sp³-hybridized carbons (Fsp3) is 0.838. The molecule has 3 fully saturated rings. The van der Waals surface area contributed by atoms with Crippen molar-refractivity contribution in [3.63, 3.8) is 0 Å². The topological polar surface area (TPSA) is 574 Å². The Kier molecular flexibility index (Phi) is 48.0. The van der Waals surface area contributed by atoms with Crippen molar-refractivity contribution in [3.05, 3.63) is 0 Å². The van der Waals surface area contributed by atoms with Crippen molar-refractivity contribution in [3.8, 4) is 0 Å². The van der Waals surface area contributed by atoms with E-state index in [9.17, 15) is 93.6 Å². The number of aliphatic hydroxyl groups is 8. The van der Waals surface area contributed by atoms with E-state index in [4.69, 9.17) is 47.4 Å². The van der Waals surface area contributed by atoms with Crippen molar-refractivity contribution >= 4 is 65.0 Å². The fourth-order valence-electron chi connectivity index (χ4n) is 11.1. The summed E-state index contributed by atoms with van der Waals surface area (Å²) in [5.41, 5.74) is -1.48. The summed E-state index contributed by atoms with van der Waals surface area (Å²) < 4.78 is 57.5. The molecule has 0 aromatic rings. The number of hydrogen-bond donors (Lipinski definition) is 19. The monoisotopic (exact) mass is 1560 g/mol. The zero-order valence-corrected chi connectivity index (χ0v) is 62.8. The van der Waals surface area contributed by atoms with Gasteiger partial charge in [-0.15, -0.1) is 0 Å². The van der Waals surface area contributed by atoms with E-state index in [0.29, 0.717) is 57.8 Å². The summed E-state index contributed by atoms with van der Waals surface area (Å²) in [4.78, 5) is 138. The van der Waals surface area contributed by atoms with Crippen LogP contribution in [0.15, 0.2) is 0 Å². The molecular weight excluding hydrogens is 1430 g/mol. The normalized spacial score (nSPS) is 24.7. The van der Waals surface area contributed by atoms with Crippen LogP contribution in [0.3, 0.4) is 0 Å². The Morgan fingerprint density at radius 1 is 0.407 bits per heavy atom. The van der Waals surface area contributed by atoms with Gasteiger partial charge in [0, 0.05) is 138 Å². The Balaban J connectivity index is 1.50. The molecule has 3 aliphatic heterocycles. The molecule has 0 aromatic heterocycles. The molecule has 3 rings (SSSR count). The van der Waals surface area contributed by atoms with Crippen LogP contribution in [-0.2, 0) is 100 Å². The fourth-order valence-corrected chi connectivity index (χ4v) is 11.1. The van der Waals surface area contributed by atoms with E-state index in [1.165, 1.54) is 34.7 Å². The van der Waals surface area contributed by atoms with Gasteiger partial charge < -0.3 is 147 Å². The maximum absolute atomic E-state index is 13.6. The number of hydrogen-bond acceptors (Lipinski definition) is 29. The molecule has 0 aliphatic carbocycles. The third-order valence-corrected chi connectivity index (χ3v) is 17.1. The summed E-state index contributed by atoms with van der Waals surface area (Å²) in [6.07, 6.45) is -8.89. The van der Waals surface area contributed by atoms with Crippen LogP contribution < -0.4 is 58.5 Å². The van der Waals surface area contributed by atoms with Crippen LogP contribution in [-0.4, -0.2) is 329 Å². The molecule has 0 saturated carbocycles. The van der Waals surface area contributed by atoms with Gasteiger partial charge in [0.15, 0.2) is 24.7 Å². The van der Waals surface area contributed by atoms with Crippen molar-refractivity contribution in [2.24, 2.45) is 0 Å². The zero-order valence-electron chi connectivity index (χ0n) is 62.8. The highest BCUT2D eigenvalue weighted by Crippen LogP contribution is 2.26. The number of carbonyl (C=O) groups excluding carboxylic acids is 11. The lowest BCUT2D eigenvalue weighted by atomic mass is 9.97. The molecule has 108 heavy (non-hydrogen) atoms. The van der Waals surface area contributed by atoms with Gasteiger partial charge in [0.05, 0.1) is 66.1 Å². The van der Waals surface area contributed by atoms with Crippen LogP contribution in [0.2, 0.25) is 0 Å². The predicted molar refractivity (Wildman–Crippen MR) is 377 cm³/mol. The van der Waals surface area contributed by atoms with Crippen molar-refractivity contribution in [1.29, 1.82) is 0 Å². The van der Waals surface area contributed by atoms with Gasteiger partial charge in [-0.05, 0) is 71.1 Å². The molecule has 0 spiro atoms. The number of aliphatic hydroxyl groups excluding tert-OH is 7. The maximum Gasteiger partial charge on any atom is 0.222 e. The van der Waals surface area contributed by atoms with Gasteiger partial charge in [0.1, 0.15) is 66.4 Å². The molecule has 3 aliphatic rings. The summed E-state index contributed by atoms with van der Waals surface area (Å²) in [5, 5.41) is 110. The summed E-state index contributed by atoms with van der Waals surface area (Å²) in [5.74, 6) is -5.94. The molecule has 3 heterocycles. The lowest BCUT2D eigenvalue weighted by Crippen LogP contribution is -2.64. The third-order valence-electron chi connectivity index (χ3n) is 17.1. The Morgan fingerprint density at radius 3 is 1.09 bits per heavy atom. The van der Waals surface area contributed by atoms with Gasteiger partial charge in [-0.25, -0.2) is 0 Å². The van der Waals surface area contributed by atoms with Crippen LogP contribution in [0.4, 0.5) is 0 Å². The second-order valence-corrected chi connectivity index (χ2v) is 26.6. The van der Waals surface area contributed by atoms with E-state index in [0.717, 1.165) is 0 Å². The zero-order chi connectivity index (χ0) is 79.9. The van der Waals surface area contributed by atoms with Crippen LogP contribution in [0.1, 0.15) is 143 Å². The lowest BCUT2D eigenvalue weighted by Gasteiger charge is -2.42. The standard InChI is InChI=1S/C68H121N11O29/c1-43(83)76-46-39-105-67(4,98)49(38-82)108-64(46)102-30-9-6-16-51(87)70-24-13-27-73-54(90)21-33-99-40-68(79-57(93)20-12-19-50(86)69-5,41-100-34-22-55(91)74-28-14-25-71-52(88)17-7-10-31-103-65-58(77-44(2)84)62(96)60(94)47(36-80)106-65)42-101-35-23-56(92)75-29-15-26-72-53(89)18-8-11-32-104-66-59(78-45(3)85)63(97)61(95)48(37-81)107-66/h46-49,58-66,80-82,94-98H,6-42H2,1-5H3,(H,69,86)(H,70,87)(H,71,88)(H,72,89)(H,73,90)(H,74,91)(H,75,92)(H,76,83)(H,77,84)(H,78,85)(H,79,93)/t46-,47?,48?,49?,58-,59-,60-,61-,62?,63?,64+,65+,66+,67-,68?/m0/s1. The minimum Gasteiger partial charge on any atom is -0.394 e. The quantitative estimate of drug-likeness (QED) is 0.0252. The van der Waals surface area contributed by atoms with Crippen molar-refractivity contribution < 1.29 is 141 Å². The average Bonchev–Trinajstić information content (AvgIpc) is 1.12. The average molecular weight is 1560 g/mol. The Morgan fingerprint density at radius 2 is 0.750 bits per heavy atom. The van der Waals surface area contributed by atoms with Gasteiger partial charge in [-0.1, -0.05) is 0 Å². The number of unbranched alkanes of at least 4 members (excludes halogenated alkanes) is 3. The Bertz CT molecular complexity index is 2590. The number of rotatable bonds is 56. The van der Waals surface area contributed by atoms with E-state index in [2.05, 4.69) is 58.5 Å². The molecule has 19 N–H and O–H groups in total. The second-order valence-electron chi connectivity index (χ2n) is 26.6. The van der Waals surface area contributed by atoms with Crippen LogP contribution in [0.5, 0.6) is 0 Å². The highest BCUT2D eigenvalue weighted by molar-refractivity contribution is 5.80. The van der Waals surface area contributed by atoms with E-state index >= 15 is 0 Å². The number of nitrogens with one attached hydrogen (secondary N) is 11. The largest absolute Gasteiger partial charge is 0.394 e. The summed E-state index contributed by atoms with van der Waals surface area (Å²) in [6.45, 7) is 3.44. The highest BCUT2D eigenvalue weighted by atomic mass is 16.7. The first-order chi connectivity index (χ1) is 51.6. The first-order valence-corrected chi connectivity index (χ1v) is 37.0. The predicted octanol–water partition coefficient (Wildman–Crippen LogP) is -6.76. The van der Waals surface area contributed by atoms with Crippen LogP contribution >= 0.6 is 0 Å². The van der Waals surface area contributed by atoms with E-state index in [-0.39, 0.29) is 199 Å². The molecule has 40 heteroatoms. The Hall–Kier alpha value is -6.55. The van der Waals surface area contributed by atoms with E-state index in [1.54, 1.807) is 0 Å². The molecule has 0 radical (unpaired) electrons. The number of carbonyl (C=O) groups is 11. The Labute approximate surface area is 628 Å². The minimum absolute atomic E-state index is 0.0407. The van der Waals surface area contributed by atoms with Gasteiger partial charge in [-0.3, -0.25) is 52.7 Å². The summed E-state index contributed by atoms with van der Waals surface area (Å²) >= 11 is 0. The smallest absolute Gasteiger partial charge is 0.222 e. The molecule has 0 bridgehead atoms.